The van der Waals surface area contributed by atoms with Gasteiger partial charge in [-0.25, -0.2) is 4.79 Å². The summed E-state index contributed by atoms with van der Waals surface area (Å²) in [5.74, 6) is -0.296. The molecular formula is C26H37NO2. The van der Waals surface area contributed by atoms with Gasteiger partial charge in [0.25, 0.3) is 0 Å². The standard InChI is InChI=1S/C26H37NO2/c1-2-3-4-5-6-7-8-9-10-11-12-13-14-15-16-17-18-19-23-29-26(28)25-21-20-22-27-24-25/h6-7,9-10,12-13,15-16,20-22,24H,2-5,8,11,14,17-19,23H2,1H3/b7-6-,10-9-,13-12-,16-15-. The fourth-order valence-electron chi connectivity index (χ4n) is 2.66. The van der Waals surface area contributed by atoms with Crippen molar-refractivity contribution in [2.24, 2.45) is 0 Å². The molecule has 0 aromatic carbocycles. The van der Waals surface area contributed by atoms with Crippen molar-refractivity contribution in [3.8, 4) is 0 Å². The second kappa shape index (κ2) is 18.9. The molecule has 0 saturated heterocycles. The molecule has 0 spiro atoms. The fourth-order valence-corrected chi connectivity index (χ4v) is 2.66. The van der Waals surface area contributed by atoms with Gasteiger partial charge in [-0.05, 0) is 63.5 Å². The minimum Gasteiger partial charge on any atom is -0.462 e. The monoisotopic (exact) mass is 395 g/mol. The van der Waals surface area contributed by atoms with Crippen LogP contribution < -0.4 is 0 Å². The highest BCUT2D eigenvalue weighted by Crippen LogP contribution is 2.03. The van der Waals surface area contributed by atoms with Gasteiger partial charge in [-0.3, -0.25) is 4.98 Å². The zero-order valence-electron chi connectivity index (χ0n) is 18.0. The van der Waals surface area contributed by atoms with Crippen molar-refractivity contribution in [2.75, 3.05) is 6.61 Å². The van der Waals surface area contributed by atoms with Gasteiger partial charge >= 0.3 is 5.97 Å². The van der Waals surface area contributed by atoms with Crippen LogP contribution in [0, 0.1) is 0 Å². The Hall–Kier alpha value is -2.42. The van der Waals surface area contributed by atoms with Gasteiger partial charge in [0.1, 0.15) is 0 Å². The molecule has 3 heteroatoms. The topological polar surface area (TPSA) is 39.2 Å². The number of esters is 1. The normalized spacial score (nSPS) is 12.0. The first kappa shape index (κ1) is 24.6. The molecule has 1 aromatic heterocycles. The van der Waals surface area contributed by atoms with E-state index in [1.165, 1.54) is 31.9 Å². The maximum atomic E-state index is 11.7. The minimum absolute atomic E-state index is 0.296. The van der Waals surface area contributed by atoms with Gasteiger partial charge in [0.15, 0.2) is 0 Å². The van der Waals surface area contributed by atoms with Crippen molar-refractivity contribution < 1.29 is 9.53 Å². The summed E-state index contributed by atoms with van der Waals surface area (Å²) in [5.41, 5.74) is 0.507. The fraction of sp³-hybridized carbons (Fsp3) is 0.462. The number of rotatable bonds is 16. The average molecular weight is 396 g/mol. The third-order valence-corrected chi connectivity index (χ3v) is 4.35. The second-order valence-corrected chi connectivity index (χ2v) is 6.96. The van der Waals surface area contributed by atoms with Crippen LogP contribution in [-0.4, -0.2) is 17.6 Å². The molecule has 0 aliphatic carbocycles. The lowest BCUT2D eigenvalue weighted by atomic mass is 10.2. The van der Waals surface area contributed by atoms with E-state index in [9.17, 15) is 4.79 Å². The van der Waals surface area contributed by atoms with Gasteiger partial charge in [0.2, 0.25) is 0 Å². The van der Waals surface area contributed by atoms with Gasteiger partial charge in [0.05, 0.1) is 12.2 Å². The number of aromatic nitrogens is 1. The Kier molecular flexibility index (Phi) is 16.1. The zero-order valence-corrected chi connectivity index (χ0v) is 18.0. The molecule has 0 unspecified atom stereocenters. The summed E-state index contributed by atoms with van der Waals surface area (Å²) in [6.45, 7) is 2.70. The van der Waals surface area contributed by atoms with Crippen molar-refractivity contribution in [2.45, 2.75) is 71.1 Å². The zero-order chi connectivity index (χ0) is 20.8. The van der Waals surface area contributed by atoms with Crippen LogP contribution in [0.25, 0.3) is 0 Å². The lowest BCUT2D eigenvalue weighted by Gasteiger charge is -2.03. The lowest BCUT2D eigenvalue weighted by molar-refractivity contribution is 0.0498. The lowest BCUT2D eigenvalue weighted by Crippen LogP contribution is -2.06. The molecule has 0 aliphatic heterocycles. The first-order valence-electron chi connectivity index (χ1n) is 11.0. The van der Waals surface area contributed by atoms with Crippen LogP contribution >= 0.6 is 0 Å². The first-order valence-corrected chi connectivity index (χ1v) is 11.0. The molecule has 3 nitrogen and oxygen atoms in total. The summed E-state index contributed by atoms with van der Waals surface area (Å²) < 4.78 is 5.23. The van der Waals surface area contributed by atoms with Crippen LogP contribution in [0.1, 0.15) is 81.5 Å². The van der Waals surface area contributed by atoms with E-state index in [1.807, 2.05) is 0 Å². The SMILES string of the molecule is CCCCC/C=C\C/C=C\C/C=C\C/C=C\CCCCOC(=O)c1cccnc1. The Labute approximate surface area is 177 Å². The van der Waals surface area contributed by atoms with Gasteiger partial charge in [0, 0.05) is 12.4 Å². The molecule has 0 radical (unpaired) electrons. The van der Waals surface area contributed by atoms with Crippen LogP contribution in [0.5, 0.6) is 0 Å². The van der Waals surface area contributed by atoms with E-state index < -0.39 is 0 Å². The highest BCUT2D eigenvalue weighted by Gasteiger charge is 2.05. The Morgan fingerprint density at radius 2 is 1.45 bits per heavy atom. The molecule has 0 saturated carbocycles. The molecule has 1 heterocycles. The first-order chi connectivity index (χ1) is 14.3. The predicted molar refractivity (Wildman–Crippen MR) is 123 cm³/mol. The Morgan fingerprint density at radius 1 is 0.862 bits per heavy atom. The third kappa shape index (κ3) is 15.2. The maximum absolute atomic E-state index is 11.7. The molecular weight excluding hydrogens is 358 g/mol. The second-order valence-electron chi connectivity index (χ2n) is 6.96. The van der Waals surface area contributed by atoms with Crippen molar-refractivity contribution in [3.05, 3.63) is 78.7 Å². The largest absolute Gasteiger partial charge is 0.462 e. The molecule has 0 aliphatic rings. The highest BCUT2D eigenvalue weighted by atomic mass is 16.5. The summed E-state index contributed by atoms with van der Waals surface area (Å²) in [4.78, 5) is 15.7. The van der Waals surface area contributed by atoms with E-state index in [4.69, 9.17) is 4.74 Å². The number of pyridine rings is 1. The molecule has 0 fully saturated rings. The molecule has 0 bridgehead atoms. The Bertz CT molecular complexity index is 629. The van der Waals surface area contributed by atoms with E-state index in [1.54, 1.807) is 18.3 Å². The molecule has 0 atom stereocenters. The predicted octanol–water partition coefficient (Wildman–Crippen LogP) is 7.38. The van der Waals surface area contributed by atoms with Crippen LogP contribution in [-0.2, 0) is 4.74 Å². The van der Waals surface area contributed by atoms with Gasteiger partial charge in [-0.1, -0.05) is 68.4 Å². The molecule has 29 heavy (non-hydrogen) atoms. The average Bonchev–Trinajstić information content (AvgIpc) is 2.75. The number of hydrogen-bond donors (Lipinski definition) is 0. The smallest absolute Gasteiger partial charge is 0.339 e. The molecule has 1 aromatic rings. The van der Waals surface area contributed by atoms with E-state index in [0.29, 0.717) is 12.2 Å². The number of hydrogen-bond acceptors (Lipinski definition) is 3. The summed E-state index contributed by atoms with van der Waals surface area (Å²) in [6.07, 6.45) is 32.1. The van der Waals surface area contributed by atoms with Crippen LogP contribution in [0.15, 0.2) is 73.1 Å². The van der Waals surface area contributed by atoms with Crippen molar-refractivity contribution in [1.29, 1.82) is 0 Å². The van der Waals surface area contributed by atoms with Gasteiger partial charge in [-0.15, -0.1) is 0 Å². The summed E-state index contributed by atoms with van der Waals surface area (Å²) in [6, 6.07) is 3.45. The number of carbonyl (C=O) groups excluding carboxylic acids is 1. The van der Waals surface area contributed by atoms with Crippen molar-refractivity contribution >= 4 is 5.97 Å². The quantitative estimate of drug-likeness (QED) is 0.166. The van der Waals surface area contributed by atoms with Gasteiger partial charge in [-0.2, -0.15) is 0 Å². The molecule has 0 N–H and O–H groups in total. The summed E-state index contributed by atoms with van der Waals surface area (Å²) in [7, 11) is 0. The van der Waals surface area contributed by atoms with E-state index in [0.717, 1.165) is 38.5 Å². The maximum Gasteiger partial charge on any atom is 0.339 e. The van der Waals surface area contributed by atoms with Crippen molar-refractivity contribution in [1.82, 2.24) is 4.98 Å². The van der Waals surface area contributed by atoms with Gasteiger partial charge < -0.3 is 4.74 Å². The van der Waals surface area contributed by atoms with E-state index in [2.05, 4.69) is 60.5 Å². The van der Waals surface area contributed by atoms with E-state index in [-0.39, 0.29) is 5.97 Å². The Morgan fingerprint density at radius 3 is 2.00 bits per heavy atom. The van der Waals surface area contributed by atoms with Crippen LogP contribution in [0.2, 0.25) is 0 Å². The molecule has 1 rings (SSSR count). The van der Waals surface area contributed by atoms with E-state index >= 15 is 0 Å². The number of nitrogens with zero attached hydrogens (tertiary/aromatic N) is 1. The Balaban J connectivity index is 1.92. The van der Waals surface area contributed by atoms with Crippen LogP contribution in [0.4, 0.5) is 0 Å². The van der Waals surface area contributed by atoms with Crippen molar-refractivity contribution in [3.63, 3.8) is 0 Å². The number of unbranched alkanes of at least 4 members (excludes halogenated alkanes) is 5. The molecule has 0 amide bonds. The number of allylic oxidation sites excluding steroid dienone is 8. The minimum atomic E-state index is -0.296. The third-order valence-electron chi connectivity index (χ3n) is 4.35. The van der Waals surface area contributed by atoms with Crippen LogP contribution in [0.3, 0.4) is 0 Å². The number of ether oxygens (including phenoxy) is 1. The summed E-state index contributed by atoms with van der Waals surface area (Å²) >= 11 is 0. The number of carbonyl (C=O) groups is 1. The molecule has 158 valence electrons. The summed E-state index contributed by atoms with van der Waals surface area (Å²) in [5, 5.41) is 0. The highest BCUT2D eigenvalue weighted by molar-refractivity contribution is 5.88.